The maximum atomic E-state index is 12.4. The van der Waals surface area contributed by atoms with Crippen molar-refractivity contribution in [3.63, 3.8) is 0 Å². The summed E-state index contributed by atoms with van der Waals surface area (Å²) in [5.41, 5.74) is 0.599. The number of nitrogens with zero attached hydrogens (tertiary/aromatic N) is 3. The Morgan fingerprint density at radius 3 is 2.71 bits per heavy atom. The van der Waals surface area contributed by atoms with Crippen molar-refractivity contribution in [2.45, 2.75) is 19.5 Å². The first kappa shape index (κ1) is 12.6. The van der Waals surface area contributed by atoms with Crippen molar-refractivity contribution in [1.29, 1.82) is 0 Å². The number of hydrogen-bond donors (Lipinski definition) is 0. The lowest BCUT2D eigenvalue weighted by atomic mass is 10.2. The fraction of sp³-hybridized carbons (Fsp3) is 0.333. The van der Waals surface area contributed by atoms with Gasteiger partial charge in [0, 0.05) is 11.3 Å². The number of fused-ring (bicyclic) bond motifs is 1. The molecule has 2 rings (SSSR count). The van der Waals surface area contributed by atoms with E-state index in [4.69, 9.17) is 11.6 Å². The molecule has 0 radical (unpaired) electrons. The Kier molecular flexibility index (Phi) is 3.07. The van der Waals surface area contributed by atoms with Gasteiger partial charge in [-0.15, -0.1) is 0 Å². The third kappa shape index (κ3) is 2.40. The van der Waals surface area contributed by atoms with E-state index in [0.29, 0.717) is 10.1 Å². The first-order chi connectivity index (χ1) is 7.79. The molecule has 0 atom stereocenters. The second-order valence-corrected chi connectivity index (χ2v) is 4.70. The Balaban J connectivity index is 2.64. The van der Waals surface area contributed by atoms with Crippen LogP contribution in [0.4, 0.5) is 13.2 Å². The average Bonchev–Trinajstić information content (AvgIpc) is 2.54. The molecular formula is C9H6BrClF3N3. The third-order valence-corrected chi connectivity index (χ3v) is 3.17. The highest BCUT2D eigenvalue weighted by Gasteiger charge is 2.31. The summed E-state index contributed by atoms with van der Waals surface area (Å²) in [5, 5.41) is 3.80. The Morgan fingerprint density at radius 1 is 1.47 bits per heavy atom. The molecule has 0 N–H and O–H groups in total. The largest absolute Gasteiger partial charge is 0.393 e. The molecule has 0 aliphatic heterocycles. The molecule has 2 heterocycles. The van der Waals surface area contributed by atoms with Gasteiger partial charge in [0.05, 0.1) is 17.1 Å². The van der Waals surface area contributed by atoms with E-state index in [-0.39, 0.29) is 16.4 Å². The molecule has 0 unspecified atom stereocenters. The van der Waals surface area contributed by atoms with Crippen LogP contribution in [0, 0.1) is 6.92 Å². The molecule has 0 amide bonds. The minimum absolute atomic E-state index is 0.0535. The Hall–Kier alpha value is -0.820. The van der Waals surface area contributed by atoms with Gasteiger partial charge in [-0.1, -0.05) is 11.6 Å². The van der Waals surface area contributed by atoms with Crippen LogP contribution in [-0.4, -0.2) is 20.8 Å². The minimum atomic E-state index is -4.33. The molecule has 2 aromatic rings. The van der Waals surface area contributed by atoms with E-state index in [0.717, 1.165) is 0 Å². The van der Waals surface area contributed by atoms with Crippen LogP contribution in [0.2, 0.25) is 5.15 Å². The highest BCUT2D eigenvalue weighted by molar-refractivity contribution is 9.10. The molecule has 0 bridgehead atoms. The van der Waals surface area contributed by atoms with Crippen LogP contribution in [0.3, 0.4) is 0 Å². The first-order valence-corrected chi connectivity index (χ1v) is 5.71. The third-order valence-electron chi connectivity index (χ3n) is 2.22. The smallest absolute Gasteiger partial charge is 0.232 e. The second-order valence-electron chi connectivity index (χ2n) is 3.49. The molecule has 0 saturated carbocycles. The highest BCUT2D eigenvalue weighted by Crippen LogP contribution is 2.29. The van der Waals surface area contributed by atoms with Gasteiger partial charge in [0.15, 0.2) is 5.65 Å². The maximum absolute atomic E-state index is 12.4. The zero-order valence-electron chi connectivity index (χ0n) is 8.52. The van der Waals surface area contributed by atoms with Crippen LogP contribution in [0.25, 0.3) is 5.65 Å². The molecule has 3 nitrogen and oxygen atoms in total. The molecular weight excluding hydrogens is 322 g/mol. The van der Waals surface area contributed by atoms with E-state index in [2.05, 4.69) is 26.0 Å². The SMILES string of the molecule is Cc1nc2c(Br)cnn2c(Cl)c1CC(F)(F)F. The van der Waals surface area contributed by atoms with E-state index in [9.17, 15) is 13.2 Å². The van der Waals surface area contributed by atoms with Crippen molar-refractivity contribution in [2.75, 3.05) is 0 Å². The molecule has 2 aromatic heterocycles. The van der Waals surface area contributed by atoms with Gasteiger partial charge < -0.3 is 0 Å². The summed E-state index contributed by atoms with van der Waals surface area (Å²) >= 11 is 9.10. The minimum Gasteiger partial charge on any atom is -0.232 e. The van der Waals surface area contributed by atoms with Crippen molar-refractivity contribution in [1.82, 2.24) is 14.6 Å². The number of hydrogen-bond acceptors (Lipinski definition) is 2. The average molecular weight is 329 g/mol. The lowest BCUT2D eigenvalue weighted by molar-refractivity contribution is -0.127. The van der Waals surface area contributed by atoms with Crippen molar-refractivity contribution >= 4 is 33.2 Å². The zero-order valence-corrected chi connectivity index (χ0v) is 10.9. The number of alkyl halides is 3. The first-order valence-electron chi connectivity index (χ1n) is 4.54. The number of halogens is 5. The van der Waals surface area contributed by atoms with Crippen LogP contribution < -0.4 is 0 Å². The highest BCUT2D eigenvalue weighted by atomic mass is 79.9. The van der Waals surface area contributed by atoms with Crippen LogP contribution in [-0.2, 0) is 6.42 Å². The molecule has 0 aliphatic carbocycles. The van der Waals surface area contributed by atoms with Gasteiger partial charge in [0.2, 0.25) is 0 Å². The second kappa shape index (κ2) is 4.13. The standard InChI is InChI=1S/C9H6BrClF3N3/c1-4-5(2-9(12,13)14)7(11)17-8(16-4)6(10)3-15-17/h3H,2H2,1H3. The Labute approximate surface area is 108 Å². The molecule has 0 aromatic carbocycles. The summed E-state index contributed by atoms with van der Waals surface area (Å²) in [6, 6.07) is 0. The van der Waals surface area contributed by atoms with Gasteiger partial charge in [0.1, 0.15) is 5.15 Å². The van der Waals surface area contributed by atoms with Crippen LogP contribution in [0.1, 0.15) is 11.3 Å². The van der Waals surface area contributed by atoms with Crippen LogP contribution >= 0.6 is 27.5 Å². The summed E-state index contributed by atoms with van der Waals surface area (Å²) in [7, 11) is 0. The summed E-state index contributed by atoms with van der Waals surface area (Å²) in [6.45, 7) is 1.49. The van der Waals surface area contributed by atoms with E-state index >= 15 is 0 Å². The Morgan fingerprint density at radius 2 is 2.12 bits per heavy atom. The molecule has 17 heavy (non-hydrogen) atoms. The molecule has 0 saturated heterocycles. The summed E-state index contributed by atoms with van der Waals surface area (Å²) in [4.78, 5) is 4.05. The van der Waals surface area contributed by atoms with E-state index < -0.39 is 12.6 Å². The predicted octanol–water partition coefficient (Wildman–Crippen LogP) is 3.56. The zero-order chi connectivity index (χ0) is 12.8. The number of rotatable bonds is 1. The van der Waals surface area contributed by atoms with Gasteiger partial charge in [-0.2, -0.15) is 18.3 Å². The van der Waals surface area contributed by atoms with Crippen molar-refractivity contribution in [3.05, 3.63) is 27.1 Å². The van der Waals surface area contributed by atoms with Gasteiger partial charge in [0.25, 0.3) is 0 Å². The molecule has 8 heteroatoms. The normalized spacial score (nSPS) is 12.4. The molecule has 0 spiro atoms. The van der Waals surface area contributed by atoms with Crippen molar-refractivity contribution in [2.24, 2.45) is 0 Å². The lowest BCUT2D eigenvalue weighted by Crippen LogP contribution is -2.15. The topological polar surface area (TPSA) is 30.2 Å². The van der Waals surface area contributed by atoms with Gasteiger partial charge in [-0.05, 0) is 22.9 Å². The molecule has 92 valence electrons. The fourth-order valence-corrected chi connectivity index (χ4v) is 2.15. The van der Waals surface area contributed by atoms with Gasteiger partial charge >= 0.3 is 6.18 Å². The summed E-state index contributed by atoms with van der Waals surface area (Å²) in [6.07, 6.45) is -4.00. The van der Waals surface area contributed by atoms with Gasteiger partial charge in [-0.25, -0.2) is 9.50 Å². The maximum Gasteiger partial charge on any atom is 0.393 e. The summed E-state index contributed by atoms with van der Waals surface area (Å²) < 4.78 is 38.9. The van der Waals surface area contributed by atoms with Crippen molar-refractivity contribution < 1.29 is 13.2 Å². The van der Waals surface area contributed by atoms with Crippen molar-refractivity contribution in [3.8, 4) is 0 Å². The van der Waals surface area contributed by atoms with E-state index in [1.165, 1.54) is 17.6 Å². The molecule has 0 fully saturated rings. The molecule has 0 aliphatic rings. The monoisotopic (exact) mass is 327 g/mol. The predicted molar refractivity (Wildman–Crippen MR) is 60.2 cm³/mol. The van der Waals surface area contributed by atoms with Crippen LogP contribution in [0.5, 0.6) is 0 Å². The van der Waals surface area contributed by atoms with Gasteiger partial charge in [-0.3, -0.25) is 0 Å². The lowest BCUT2D eigenvalue weighted by Gasteiger charge is -2.11. The summed E-state index contributed by atoms with van der Waals surface area (Å²) in [5.74, 6) is 0. The Bertz CT molecular complexity index is 579. The van der Waals surface area contributed by atoms with Crippen LogP contribution in [0.15, 0.2) is 10.7 Å². The fourth-order valence-electron chi connectivity index (χ4n) is 1.47. The number of aromatic nitrogens is 3. The number of aryl methyl sites for hydroxylation is 1. The van der Waals surface area contributed by atoms with E-state index in [1.54, 1.807) is 0 Å². The quantitative estimate of drug-likeness (QED) is 0.749. The van der Waals surface area contributed by atoms with E-state index in [1.807, 2.05) is 0 Å².